The zero-order chi connectivity index (χ0) is 18.5. The van der Waals surface area contributed by atoms with Crippen LogP contribution in [-0.4, -0.2) is 25.1 Å². The molecular weight excluding hydrogens is 348 g/mol. The van der Waals surface area contributed by atoms with Gasteiger partial charge in [0.25, 0.3) is 0 Å². The third kappa shape index (κ3) is 4.21. The fraction of sp³-hybridized carbons (Fsp3) is 0.200. The van der Waals surface area contributed by atoms with Crippen molar-refractivity contribution in [3.63, 3.8) is 0 Å². The van der Waals surface area contributed by atoms with E-state index >= 15 is 0 Å². The molecule has 1 amide bonds. The molecule has 0 saturated heterocycles. The molecule has 0 aliphatic carbocycles. The Balaban J connectivity index is 1.75. The molecule has 1 N–H and O–H groups in total. The number of rotatable bonds is 6. The molecule has 0 radical (unpaired) electrons. The lowest BCUT2D eigenvalue weighted by molar-refractivity contribution is -0.115. The average molecular weight is 368 g/mol. The quantitative estimate of drug-likeness (QED) is 0.704. The molecular formula is C20H20N2O3S. The minimum Gasteiger partial charge on any atom is -0.497 e. The highest BCUT2D eigenvalue weighted by atomic mass is 32.1. The van der Waals surface area contributed by atoms with Crippen LogP contribution in [0.4, 0.5) is 5.69 Å². The first kappa shape index (κ1) is 17.9. The molecule has 0 aliphatic rings. The zero-order valence-electron chi connectivity index (χ0n) is 14.9. The minimum atomic E-state index is -0.0888. The summed E-state index contributed by atoms with van der Waals surface area (Å²) in [5, 5.41) is 5.57. The van der Waals surface area contributed by atoms with E-state index < -0.39 is 0 Å². The van der Waals surface area contributed by atoms with E-state index in [2.05, 4.69) is 10.3 Å². The summed E-state index contributed by atoms with van der Waals surface area (Å²) in [5.41, 5.74) is 3.50. The number of carbonyl (C=O) groups excluding carboxylic acids is 1. The molecule has 0 bridgehead atoms. The number of aromatic nitrogens is 1. The van der Waals surface area contributed by atoms with Gasteiger partial charge in [-0.15, -0.1) is 11.3 Å². The van der Waals surface area contributed by atoms with Crippen LogP contribution in [-0.2, 0) is 11.2 Å². The standard InChI is InChI=1S/C20H20N2O3S/c1-13-5-4-6-14(9-13)21-19(23)11-20-22-17(12-26-20)16-10-15(24-2)7-8-18(16)25-3/h4-10,12H,11H2,1-3H3,(H,21,23). The van der Waals surface area contributed by atoms with Gasteiger partial charge in [0.15, 0.2) is 0 Å². The Kier molecular flexibility index (Phi) is 5.53. The van der Waals surface area contributed by atoms with Crippen molar-refractivity contribution >= 4 is 22.9 Å². The lowest BCUT2D eigenvalue weighted by Crippen LogP contribution is -2.14. The molecule has 3 aromatic rings. The molecule has 0 fully saturated rings. The number of aryl methyl sites for hydroxylation is 1. The number of hydrogen-bond acceptors (Lipinski definition) is 5. The summed E-state index contributed by atoms with van der Waals surface area (Å²) in [4.78, 5) is 16.9. The van der Waals surface area contributed by atoms with Crippen molar-refractivity contribution in [3.8, 4) is 22.8 Å². The number of anilines is 1. The van der Waals surface area contributed by atoms with Gasteiger partial charge < -0.3 is 14.8 Å². The molecule has 134 valence electrons. The Bertz CT molecular complexity index is 921. The number of methoxy groups -OCH3 is 2. The van der Waals surface area contributed by atoms with Crippen molar-refractivity contribution in [2.75, 3.05) is 19.5 Å². The third-order valence-corrected chi connectivity index (χ3v) is 4.70. The van der Waals surface area contributed by atoms with Gasteiger partial charge >= 0.3 is 0 Å². The molecule has 2 aromatic carbocycles. The van der Waals surface area contributed by atoms with Gasteiger partial charge in [-0.2, -0.15) is 0 Å². The summed E-state index contributed by atoms with van der Waals surface area (Å²) in [6.45, 7) is 1.99. The van der Waals surface area contributed by atoms with Gasteiger partial charge in [-0.25, -0.2) is 4.98 Å². The van der Waals surface area contributed by atoms with Crippen LogP contribution in [0.2, 0.25) is 0 Å². The molecule has 6 heteroatoms. The maximum Gasteiger partial charge on any atom is 0.231 e. The normalized spacial score (nSPS) is 10.4. The first-order valence-corrected chi connectivity index (χ1v) is 9.00. The second-order valence-electron chi connectivity index (χ2n) is 5.79. The van der Waals surface area contributed by atoms with Crippen molar-refractivity contribution in [2.24, 2.45) is 0 Å². The predicted octanol–water partition coefficient (Wildman–Crippen LogP) is 4.32. The lowest BCUT2D eigenvalue weighted by Gasteiger charge is -2.08. The van der Waals surface area contributed by atoms with Gasteiger partial charge in [-0.1, -0.05) is 12.1 Å². The number of carbonyl (C=O) groups is 1. The molecule has 0 aliphatic heterocycles. The molecule has 0 unspecified atom stereocenters. The Morgan fingerprint density at radius 1 is 1.15 bits per heavy atom. The Labute approximate surface area is 156 Å². The van der Waals surface area contributed by atoms with Crippen molar-refractivity contribution in [1.29, 1.82) is 0 Å². The first-order valence-electron chi connectivity index (χ1n) is 8.12. The van der Waals surface area contributed by atoms with E-state index in [0.717, 1.165) is 33.3 Å². The summed E-state index contributed by atoms with van der Waals surface area (Å²) in [7, 11) is 3.24. The first-order chi connectivity index (χ1) is 12.6. The second-order valence-corrected chi connectivity index (χ2v) is 6.73. The maximum atomic E-state index is 12.3. The summed E-state index contributed by atoms with van der Waals surface area (Å²) in [6.07, 6.45) is 0.227. The van der Waals surface area contributed by atoms with Crippen LogP contribution in [0.5, 0.6) is 11.5 Å². The molecule has 3 rings (SSSR count). The summed E-state index contributed by atoms with van der Waals surface area (Å²) >= 11 is 1.45. The molecule has 1 aromatic heterocycles. The van der Waals surface area contributed by atoms with Crippen LogP contribution in [0.15, 0.2) is 47.8 Å². The third-order valence-electron chi connectivity index (χ3n) is 3.85. The number of nitrogens with one attached hydrogen (secondary N) is 1. The summed E-state index contributed by atoms with van der Waals surface area (Å²) in [5.74, 6) is 1.36. The van der Waals surface area contributed by atoms with E-state index in [1.807, 2.05) is 54.8 Å². The van der Waals surface area contributed by atoms with E-state index in [9.17, 15) is 4.79 Å². The van der Waals surface area contributed by atoms with E-state index in [4.69, 9.17) is 9.47 Å². The molecule has 26 heavy (non-hydrogen) atoms. The number of ether oxygens (including phenoxy) is 2. The maximum absolute atomic E-state index is 12.3. The van der Waals surface area contributed by atoms with Crippen LogP contribution in [0, 0.1) is 6.92 Å². The Morgan fingerprint density at radius 2 is 2.00 bits per heavy atom. The molecule has 0 saturated carbocycles. The van der Waals surface area contributed by atoms with E-state index in [1.165, 1.54) is 11.3 Å². The van der Waals surface area contributed by atoms with Crippen LogP contribution >= 0.6 is 11.3 Å². The van der Waals surface area contributed by atoms with Gasteiger partial charge in [0.05, 0.1) is 26.3 Å². The van der Waals surface area contributed by atoms with Gasteiger partial charge in [0, 0.05) is 16.6 Å². The van der Waals surface area contributed by atoms with E-state index in [0.29, 0.717) is 5.75 Å². The lowest BCUT2D eigenvalue weighted by atomic mass is 10.1. The fourth-order valence-corrected chi connectivity index (χ4v) is 3.39. The smallest absolute Gasteiger partial charge is 0.231 e. The number of nitrogens with zero attached hydrogens (tertiary/aromatic N) is 1. The predicted molar refractivity (Wildman–Crippen MR) is 104 cm³/mol. The fourth-order valence-electron chi connectivity index (χ4n) is 2.60. The highest BCUT2D eigenvalue weighted by Gasteiger charge is 2.13. The molecule has 0 atom stereocenters. The van der Waals surface area contributed by atoms with Crippen molar-refractivity contribution in [3.05, 3.63) is 58.4 Å². The second kappa shape index (κ2) is 8.01. The monoisotopic (exact) mass is 368 g/mol. The summed E-state index contributed by atoms with van der Waals surface area (Å²) < 4.78 is 10.7. The van der Waals surface area contributed by atoms with Crippen LogP contribution in [0.25, 0.3) is 11.3 Å². The van der Waals surface area contributed by atoms with Gasteiger partial charge in [-0.05, 0) is 42.8 Å². The topological polar surface area (TPSA) is 60.5 Å². The highest BCUT2D eigenvalue weighted by molar-refractivity contribution is 7.10. The van der Waals surface area contributed by atoms with E-state index in [1.54, 1.807) is 14.2 Å². The van der Waals surface area contributed by atoms with Gasteiger partial charge in [-0.3, -0.25) is 4.79 Å². The van der Waals surface area contributed by atoms with Crippen LogP contribution in [0.3, 0.4) is 0 Å². The van der Waals surface area contributed by atoms with Crippen molar-refractivity contribution in [2.45, 2.75) is 13.3 Å². The average Bonchev–Trinajstić information content (AvgIpc) is 3.09. The Morgan fingerprint density at radius 3 is 2.73 bits per heavy atom. The number of benzene rings is 2. The van der Waals surface area contributed by atoms with Crippen LogP contribution < -0.4 is 14.8 Å². The number of thiazole rings is 1. The minimum absolute atomic E-state index is 0.0888. The van der Waals surface area contributed by atoms with Crippen LogP contribution in [0.1, 0.15) is 10.6 Å². The summed E-state index contributed by atoms with van der Waals surface area (Å²) in [6, 6.07) is 13.3. The molecule has 0 spiro atoms. The molecule has 1 heterocycles. The zero-order valence-corrected chi connectivity index (χ0v) is 15.7. The van der Waals surface area contributed by atoms with Crippen molar-refractivity contribution < 1.29 is 14.3 Å². The number of hydrogen-bond donors (Lipinski definition) is 1. The Hall–Kier alpha value is -2.86. The molecule has 5 nitrogen and oxygen atoms in total. The number of amides is 1. The van der Waals surface area contributed by atoms with Crippen molar-refractivity contribution in [1.82, 2.24) is 4.98 Å². The van der Waals surface area contributed by atoms with Gasteiger partial charge in [0.1, 0.15) is 16.5 Å². The highest BCUT2D eigenvalue weighted by Crippen LogP contribution is 2.34. The largest absolute Gasteiger partial charge is 0.497 e. The van der Waals surface area contributed by atoms with Gasteiger partial charge in [0.2, 0.25) is 5.91 Å². The van der Waals surface area contributed by atoms with E-state index in [-0.39, 0.29) is 12.3 Å². The SMILES string of the molecule is COc1ccc(OC)c(-c2csc(CC(=O)Nc3cccc(C)c3)n2)c1.